The molecule has 1 saturated heterocycles. The monoisotopic (exact) mass is 474 g/mol. The van der Waals surface area contributed by atoms with Crippen LogP contribution in [0.2, 0.25) is 0 Å². The molecule has 1 atom stereocenters. The van der Waals surface area contributed by atoms with Crippen molar-refractivity contribution in [1.29, 1.82) is 0 Å². The summed E-state index contributed by atoms with van der Waals surface area (Å²) in [6.07, 6.45) is 3.81. The second-order valence-electron chi connectivity index (χ2n) is 9.77. The van der Waals surface area contributed by atoms with Gasteiger partial charge in [-0.2, -0.15) is 0 Å². The topological polar surface area (TPSA) is 96.6 Å². The van der Waals surface area contributed by atoms with E-state index in [1.807, 2.05) is 6.07 Å². The molecule has 8 nitrogen and oxygen atoms in total. The van der Waals surface area contributed by atoms with Crippen molar-refractivity contribution in [3.63, 3.8) is 0 Å². The van der Waals surface area contributed by atoms with Crippen LogP contribution >= 0.6 is 11.9 Å². The van der Waals surface area contributed by atoms with Gasteiger partial charge in [-0.3, -0.25) is 18.7 Å². The minimum atomic E-state index is -1.05. The van der Waals surface area contributed by atoms with Gasteiger partial charge in [-0.1, -0.05) is 6.58 Å². The lowest BCUT2D eigenvalue weighted by Crippen LogP contribution is -2.52. The number of hydrogen-bond acceptors (Lipinski definition) is 6. The number of carbonyl (C=O) groups excluding carboxylic acids is 1. The van der Waals surface area contributed by atoms with Crippen molar-refractivity contribution in [1.82, 2.24) is 18.8 Å². The van der Waals surface area contributed by atoms with Crippen LogP contribution < -0.4 is 16.0 Å². The van der Waals surface area contributed by atoms with Gasteiger partial charge >= 0.3 is 5.69 Å². The summed E-state index contributed by atoms with van der Waals surface area (Å²) in [7, 11) is 0. The second-order valence-corrected chi connectivity index (χ2v) is 10.6. The molecule has 176 valence electrons. The smallest absolute Gasteiger partial charge is 0.332 e. The lowest BCUT2D eigenvalue weighted by molar-refractivity contribution is -0.127. The number of aromatic nitrogens is 2. The van der Waals surface area contributed by atoms with Crippen LogP contribution in [0.15, 0.2) is 45.1 Å². The van der Waals surface area contributed by atoms with E-state index in [9.17, 15) is 23.9 Å². The number of benzene rings is 1. The highest BCUT2D eigenvalue weighted by Crippen LogP contribution is 2.36. The van der Waals surface area contributed by atoms with Gasteiger partial charge in [0.1, 0.15) is 5.72 Å². The predicted molar refractivity (Wildman–Crippen MR) is 123 cm³/mol. The Morgan fingerprint density at radius 3 is 2.67 bits per heavy atom. The minimum Gasteiger partial charge on any atom is -0.375 e. The van der Waals surface area contributed by atoms with Gasteiger partial charge in [0.15, 0.2) is 5.83 Å². The molecule has 1 aromatic heterocycles. The minimum absolute atomic E-state index is 0.0574. The lowest BCUT2D eigenvalue weighted by atomic mass is 10.0. The quantitative estimate of drug-likeness (QED) is 0.362. The zero-order valence-electron chi connectivity index (χ0n) is 18.5. The van der Waals surface area contributed by atoms with Crippen LogP contribution in [-0.4, -0.2) is 43.9 Å². The van der Waals surface area contributed by atoms with Gasteiger partial charge in [0.25, 0.3) is 11.5 Å². The number of hydrogen-bond donors (Lipinski definition) is 2. The van der Waals surface area contributed by atoms with Crippen molar-refractivity contribution in [2.24, 2.45) is 5.92 Å². The van der Waals surface area contributed by atoms with Crippen LogP contribution in [0.5, 0.6) is 0 Å². The van der Waals surface area contributed by atoms with E-state index in [1.165, 1.54) is 21.4 Å². The van der Waals surface area contributed by atoms with E-state index in [-0.39, 0.29) is 13.1 Å². The molecule has 0 bridgehead atoms. The van der Waals surface area contributed by atoms with Gasteiger partial charge in [-0.05, 0) is 75.1 Å². The number of fused-ring (bicyclic) bond motifs is 1. The molecule has 3 fully saturated rings. The molecule has 2 saturated carbocycles. The zero-order valence-corrected chi connectivity index (χ0v) is 19.3. The number of halogens is 1. The fourth-order valence-electron chi connectivity index (χ4n) is 4.47. The highest BCUT2D eigenvalue weighted by molar-refractivity contribution is 7.97. The summed E-state index contributed by atoms with van der Waals surface area (Å²) in [5.41, 5.74) is -2.07. The summed E-state index contributed by atoms with van der Waals surface area (Å²) in [6, 6.07) is 5.36. The highest BCUT2D eigenvalue weighted by Gasteiger charge is 2.42. The molecule has 33 heavy (non-hydrogen) atoms. The summed E-state index contributed by atoms with van der Waals surface area (Å²) in [5.74, 6) is -1.46. The van der Waals surface area contributed by atoms with Crippen LogP contribution in [0, 0.1) is 5.92 Å². The maximum atomic E-state index is 13.6. The van der Waals surface area contributed by atoms with Gasteiger partial charge in [-0.25, -0.2) is 13.9 Å². The number of amides is 1. The third kappa shape index (κ3) is 4.15. The molecular formula is C23H27FN4O4S. The Labute approximate surface area is 194 Å². The van der Waals surface area contributed by atoms with E-state index >= 15 is 0 Å². The standard InChI is InChI=1S/C23H27FN4O4S/c1-14(24)19(29)26-10-9-22(2,13-26)28-20(30)17-11-16(33-25-23(32)7-8-23)5-6-18(17)27(21(28)31)12-15-3-4-15/h5-6,11,15,25,32H,1,3-4,7-10,12-13H2,2H3. The van der Waals surface area contributed by atoms with E-state index in [0.29, 0.717) is 42.6 Å². The normalized spacial score (nSPS) is 23.8. The van der Waals surface area contributed by atoms with Gasteiger partial charge in [-0.15, -0.1) is 0 Å². The third-order valence-electron chi connectivity index (χ3n) is 6.85. The number of nitrogens with one attached hydrogen (secondary N) is 1. The fourth-order valence-corrected chi connectivity index (χ4v) is 5.30. The van der Waals surface area contributed by atoms with Crippen LogP contribution in [0.1, 0.15) is 39.0 Å². The average Bonchev–Trinajstić information content (AvgIpc) is 3.70. The van der Waals surface area contributed by atoms with Crippen LogP contribution in [0.25, 0.3) is 10.9 Å². The number of aliphatic hydroxyl groups is 1. The van der Waals surface area contributed by atoms with E-state index < -0.39 is 34.2 Å². The van der Waals surface area contributed by atoms with E-state index in [4.69, 9.17) is 0 Å². The molecule has 1 amide bonds. The van der Waals surface area contributed by atoms with Gasteiger partial charge in [0.05, 0.1) is 16.4 Å². The average molecular weight is 475 g/mol. The molecule has 0 radical (unpaired) electrons. The molecule has 1 unspecified atom stereocenters. The molecule has 1 aliphatic heterocycles. The van der Waals surface area contributed by atoms with E-state index in [1.54, 1.807) is 23.6 Å². The van der Waals surface area contributed by atoms with Crippen LogP contribution in [-0.2, 0) is 16.9 Å². The summed E-state index contributed by atoms with van der Waals surface area (Å²) in [4.78, 5) is 41.4. The maximum Gasteiger partial charge on any atom is 0.332 e. The summed E-state index contributed by atoms with van der Waals surface area (Å²) >= 11 is 1.25. The Bertz CT molecular complexity index is 1280. The largest absolute Gasteiger partial charge is 0.375 e. The highest BCUT2D eigenvalue weighted by atomic mass is 32.2. The lowest BCUT2D eigenvalue weighted by Gasteiger charge is -2.28. The molecule has 3 aliphatic rings. The predicted octanol–water partition coefficient (Wildman–Crippen LogP) is 2.08. The van der Waals surface area contributed by atoms with Crippen LogP contribution in [0.3, 0.4) is 0 Å². The second kappa shape index (κ2) is 7.82. The Hall–Kier alpha value is -2.43. The number of carbonyl (C=O) groups is 1. The Balaban J connectivity index is 1.60. The Morgan fingerprint density at radius 1 is 1.30 bits per heavy atom. The molecule has 0 spiro atoms. The first kappa shape index (κ1) is 22.4. The summed E-state index contributed by atoms with van der Waals surface area (Å²) < 4.78 is 19.4. The van der Waals surface area contributed by atoms with Crippen molar-refractivity contribution in [2.75, 3.05) is 13.1 Å². The van der Waals surface area contributed by atoms with Gasteiger partial charge < -0.3 is 10.0 Å². The zero-order chi connectivity index (χ0) is 23.5. The first-order chi connectivity index (χ1) is 15.6. The number of nitrogens with zero attached hydrogens (tertiary/aromatic N) is 3. The molecule has 2 aliphatic carbocycles. The Kier molecular flexibility index (Phi) is 5.30. The van der Waals surface area contributed by atoms with Crippen molar-refractivity contribution < 1.29 is 14.3 Å². The molecule has 2 N–H and O–H groups in total. The molecule has 2 aromatic rings. The van der Waals surface area contributed by atoms with Gasteiger partial charge in [0.2, 0.25) is 0 Å². The number of rotatable bonds is 7. The molecule has 10 heteroatoms. The van der Waals surface area contributed by atoms with Crippen LogP contribution in [0.4, 0.5) is 4.39 Å². The van der Waals surface area contributed by atoms with E-state index in [2.05, 4.69) is 11.3 Å². The first-order valence-electron chi connectivity index (χ1n) is 11.2. The summed E-state index contributed by atoms with van der Waals surface area (Å²) in [6.45, 7) is 5.67. The fraction of sp³-hybridized carbons (Fsp3) is 0.522. The molecule has 2 heterocycles. The SMILES string of the molecule is C=C(F)C(=O)N1CCC(C)(n2c(=O)c3cc(SNC4(O)CC4)ccc3n(CC3CC3)c2=O)C1. The maximum absolute atomic E-state index is 13.6. The van der Waals surface area contributed by atoms with E-state index in [0.717, 1.165) is 17.7 Å². The first-order valence-corrected chi connectivity index (χ1v) is 12.0. The van der Waals surface area contributed by atoms with Gasteiger partial charge in [0, 0.05) is 24.5 Å². The van der Waals surface area contributed by atoms with Crippen molar-refractivity contribution in [3.05, 3.63) is 51.4 Å². The molecule has 5 rings (SSSR count). The van der Waals surface area contributed by atoms with Crippen molar-refractivity contribution in [2.45, 2.75) is 61.7 Å². The summed E-state index contributed by atoms with van der Waals surface area (Å²) in [5, 5.41) is 10.5. The Morgan fingerprint density at radius 2 is 2.03 bits per heavy atom. The van der Waals surface area contributed by atoms with Crippen molar-refractivity contribution >= 4 is 28.8 Å². The number of likely N-dealkylation sites (tertiary alicyclic amines) is 1. The van der Waals surface area contributed by atoms with Crippen molar-refractivity contribution in [3.8, 4) is 0 Å². The molecule has 1 aromatic carbocycles. The third-order valence-corrected chi connectivity index (χ3v) is 7.82. The molecular weight excluding hydrogens is 447 g/mol.